The monoisotopic (exact) mass is 228 g/mol. The van der Waals surface area contributed by atoms with Gasteiger partial charge in [-0.3, -0.25) is 0 Å². The van der Waals surface area contributed by atoms with Crippen LogP contribution in [-0.2, 0) is 0 Å². The van der Waals surface area contributed by atoms with Gasteiger partial charge in [0.05, 0.1) is 6.17 Å². The summed E-state index contributed by atoms with van der Waals surface area (Å²) >= 11 is 0. The van der Waals surface area contributed by atoms with Gasteiger partial charge in [0.2, 0.25) is 0 Å². The van der Waals surface area contributed by atoms with E-state index in [0.717, 1.165) is 0 Å². The molecule has 1 unspecified atom stereocenters. The molecule has 0 heterocycles. The van der Waals surface area contributed by atoms with E-state index in [1.165, 1.54) is 64.2 Å². The molecular weight excluding hydrogens is 196 g/mol. The molecule has 0 radical (unpaired) electrons. The smallest absolute Gasteiger partial charge is 0.0549 e. The first-order valence-electron chi connectivity index (χ1n) is 7.23. The number of hydrogen-bond acceptors (Lipinski definition) is 2. The van der Waals surface area contributed by atoms with Crippen molar-refractivity contribution in [2.45, 2.75) is 84.2 Å². The van der Waals surface area contributed by atoms with E-state index in [2.05, 4.69) is 13.8 Å². The molecule has 0 fully saturated rings. The van der Waals surface area contributed by atoms with Crippen molar-refractivity contribution in [2.75, 3.05) is 0 Å². The topological polar surface area (TPSA) is 52.0 Å². The Bertz CT molecular complexity index is 135. The van der Waals surface area contributed by atoms with E-state index in [9.17, 15) is 0 Å². The van der Waals surface area contributed by atoms with Gasteiger partial charge in [0, 0.05) is 0 Å². The van der Waals surface area contributed by atoms with Gasteiger partial charge in [0.15, 0.2) is 0 Å². The minimum Gasteiger partial charge on any atom is -0.316 e. The summed E-state index contributed by atoms with van der Waals surface area (Å²) in [5, 5.41) is 0. The minimum atomic E-state index is -0.111. The Morgan fingerprint density at radius 3 is 1.75 bits per heavy atom. The molecule has 4 N–H and O–H groups in total. The van der Waals surface area contributed by atoms with Gasteiger partial charge < -0.3 is 11.5 Å². The third kappa shape index (κ3) is 9.17. The summed E-state index contributed by atoms with van der Waals surface area (Å²) in [5.41, 5.74) is 11.6. The molecule has 0 aromatic heterocycles. The SMILES string of the molecule is CCCCCCCCCC(CCC)C(N)N. The molecule has 0 saturated heterocycles. The summed E-state index contributed by atoms with van der Waals surface area (Å²) in [4.78, 5) is 0. The highest BCUT2D eigenvalue weighted by atomic mass is 14.9. The van der Waals surface area contributed by atoms with E-state index in [0.29, 0.717) is 5.92 Å². The highest BCUT2D eigenvalue weighted by molar-refractivity contribution is 4.67. The Morgan fingerprint density at radius 1 is 0.688 bits per heavy atom. The van der Waals surface area contributed by atoms with Crippen LogP contribution in [0.15, 0.2) is 0 Å². The molecule has 0 amide bonds. The van der Waals surface area contributed by atoms with Crippen LogP contribution in [0, 0.1) is 5.92 Å². The first-order valence-corrected chi connectivity index (χ1v) is 7.23. The van der Waals surface area contributed by atoms with Crippen LogP contribution in [0.2, 0.25) is 0 Å². The molecule has 16 heavy (non-hydrogen) atoms. The first-order chi connectivity index (χ1) is 7.72. The number of rotatable bonds is 11. The fourth-order valence-corrected chi connectivity index (χ4v) is 2.26. The lowest BCUT2D eigenvalue weighted by atomic mass is 9.94. The van der Waals surface area contributed by atoms with Crippen molar-refractivity contribution in [1.29, 1.82) is 0 Å². The van der Waals surface area contributed by atoms with Crippen molar-refractivity contribution in [1.82, 2.24) is 0 Å². The third-order valence-corrected chi connectivity index (χ3v) is 3.38. The highest BCUT2D eigenvalue weighted by Crippen LogP contribution is 2.17. The molecule has 0 bridgehead atoms. The fraction of sp³-hybridized carbons (Fsp3) is 1.00. The van der Waals surface area contributed by atoms with E-state index < -0.39 is 0 Å². The lowest BCUT2D eigenvalue weighted by molar-refractivity contribution is 0.356. The maximum absolute atomic E-state index is 5.78. The van der Waals surface area contributed by atoms with Crippen molar-refractivity contribution >= 4 is 0 Å². The van der Waals surface area contributed by atoms with Gasteiger partial charge in [-0.25, -0.2) is 0 Å². The standard InChI is InChI=1S/C14H32N2/c1-3-5-6-7-8-9-10-12-13(11-4-2)14(15)16/h13-14H,3-12,15-16H2,1-2H3. The Hall–Kier alpha value is -0.0800. The molecule has 0 aromatic carbocycles. The average Bonchev–Trinajstić information content (AvgIpc) is 2.26. The van der Waals surface area contributed by atoms with Crippen LogP contribution in [-0.4, -0.2) is 6.17 Å². The summed E-state index contributed by atoms with van der Waals surface area (Å²) in [5.74, 6) is 0.542. The zero-order valence-corrected chi connectivity index (χ0v) is 11.4. The number of hydrogen-bond donors (Lipinski definition) is 2. The quantitative estimate of drug-likeness (QED) is 0.417. The predicted molar refractivity (Wildman–Crippen MR) is 73.2 cm³/mol. The molecule has 2 heteroatoms. The van der Waals surface area contributed by atoms with E-state index in [1.54, 1.807) is 0 Å². The van der Waals surface area contributed by atoms with Crippen molar-refractivity contribution in [2.24, 2.45) is 17.4 Å². The molecule has 0 aliphatic carbocycles. The number of unbranched alkanes of at least 4 members (excludes halogenated alkanes) is 6. The van der Waals surface area contributed by atoms with Crippen molar-refractivity contribution in [3.63, 3.8) is 0 Å². The van der Waals surface area contributed by atoms with Crippen LogP contribution in [0.4, 0.5) is 0 Å². The summed E-state index contributed by atoms with van der Waals surface area (Å²) in [6.07, 6.45) is 13.1. The van der Waals surface area contributed by atoms with Gasteiger partial charge in [-0.1, -0.05) is 65.2 Å². The largest absolute Gasteiger partial charge is 0.316 e. The summed E-state index contributed by atoms with van der Waals surface area (Å²) < 4.78 is 0. The number of nitrogens with two attached hydrogens (primary N) is 2. The fourth-order valence-electron chi connectivity index (χ4n) is 2.26. The molecule has 0 saturated carbocycles. The van der Waals surface area contributed by atoms with Crippen LogP contribution >= 0.6 is 0 Å². The lowest BCUT2D eigenvalue weighted by Gasteiger charge is -2.19. The lowest BCUT2D eigenvalue weighted by Crippen LogP contribution is -2.38. The maximum atomic E-state index is 5.78. The van der Waals surface area contributed by atoms with Crippen molar-refractivity contribution in [3.8, 4) is 0 Å². The normalized spacial score (nSPS) is 13.3. The van der Waals surface area contributed by atoms with E-state index >= 15 is 0 Å². The zero-order valence-electron chi connectivity index (χ0n) is 11.4. The Morgan fingerprint density at radius 2 is 1.25 bits per heavy atom. The van der Waals surface area contributed by atoms with E-state index in [4.69, 9.17) is 11.5 Å². The highest BCUT2D eigenvalue weighted by Gasteiger charge is 2.12. The molecule has 0 aromatic rings. The molecule has 0 rings (SSSR count). The molecule has 0 aliphatic heterocycles. The van der Waals surface area contributed by atoms with Gasteiger partial charge >= 0.3 is 0 Å². The Balaban J connectivity index is 3.33. The van der Waals surface area contributed by atoms with Gasteiger partial charge in [-0.05, 0) is 18.8 Å². The van der Waals surface area contributed by atoms with Gasteiger partial charge in [-0.15, -0.1) is 0 Å². The van der Waals surface area contributed by atoms with Gasteiger partial charge in [0.1, 0.15) is 0 Å². The summed E-state index contributed by atoms with van der Waals surface area (Å²) in [6.45, 7) is 4.47. The molecule has 0 spiro atoms. The summed E-state index contributed by atoms with van der Waals surface area (Å²) in [6, 6.07) is 0. The van der Waals surface area contributed by atoms with Gasteiger partial charge in [-0.2, -0.15) is 0 Å². The maximum Gasteiger partial charge on any atom is 0.0549 e. The van der Waals surface area contributed by atoms with Crippen LogP contribution in [0.1, 0.15) is 78.1 Å². The van der Waals surface area contributed by atoms with Crippen LogP contribution < -0.4 is 11.5 Å². The minimum absolute atomic E-state index is 0.111. The molecule has 98 valence electrons. The van der Waals surface area contributed by atoms with Gasteiger partial charge in [0.25, 0.3) is 0 Å². The second-order valence-electron chi connectivity index (χ2n) is 5.04. The Labute approximate surface area is 102 Å². The van der Waals surface area contributed by atoms with E-state index in [-0.39, 0.29) is 6.17 Å². The first kappa shape index (κ1) is 15.9. The van der Waals surface area contributed by atoms with E-state index in [1.807, 2.05) is 0 Å². The zero-order chi connectivity index (χ0) is 12.2. The predicted octanol–water partition coefficient (Wildman–Crippen LogP) is 3.79. The third-order valence-electron chi connectivity index (χ3n) is 3.38. The average molecular weight is 228 g/mol. The van der Waals surface area contributed by atoms with Crippen LogP contribution in [0.5, 0.6) is 0 Å². The molecule has 0 aliphatic rings. The Kier molecular flexibility index (Phi) is 11.3. The molecule has 2 nitrogen and oxygen atoms in total. The molecular formula is C14H32N2. The van der Waals surface area contributed by atoms with Crippen molar-refractivity contribution < 1.29 is 0 Å². The van der Waals surface area contributed by atoms with Crippen LogP contribution in [0.3, 0.4) is 0 Å². The van der Waals surface area contributed by atoms with Crippen molar-refractivity contribution in [3.05, 3.63) is 0 Å². The second kappa shape index (κ2) is 11.4. The second-order valence-corrected chi connectivity index (χ2v) is 5.04. The van der Waals surface area contributed by atoms with Crippen LogP contribution in [0.25, 0.3) is 0 Å². The summed E-state index contributed by atoms with van der Waals surface area (Å²) in [7, 11) is 0. The molecule has 1 atom stereocenters.